The highest BCUT2D eigenvalue weighted by atomic mass is 19.1. The Hall–Kier alpha value is -4.72. The maximum Gasteiger partial charge on any atom is 0.273 e. The predicted molar refractivity (Wildman–Crippen MR) is 124 cm³/mol. The summed E-state index contributed by atoms with van der Waals surface area (Å²) < 4.78 is 19.1. The van der Waals surface area contributed by atoms with Gasteiger partial charge in [0.15, 0.2) is 5.76 Å². The van der Waals surface area contributed by atoms with Crippen LogP contribution in [0.4, 0.5) is 10.1 Å². The summed E-state index contributed by atoms with van der Waals surface area (Å²) in [7, 11) is 0. The van der Waals surface area contributed by atoms with E-state index in [2.05, 4.69) is 15.5 Å². The first-order valence-electron chi connectivity index (χ1n) is 10.4. The number of nitrogens with zero attached hydrogens (tertiary/aromatic N) is 1. The molecule has 0 bridgehead atoms. The van der Waals surface area contributed by atoms with Crippen molar-refractivity contribution < 1.29 is 23.5 Å². The van der Waals surface area contributed by atoms with Crippen molar-refractivity contribution in [1.29, 1.82) is 0 Å². The molecule has 0 aliphatic rings. The number of para-hydroxylation sites is 1. The molecule has 5 rings (SSSR count). The summed E-state index contributed by atoms with van der Waals surface area (Å²) in [4.78, 5) is 26.2. The van der Waals surface area contributed by atoms with Crippen LogP contribution in [0.3, 0.4) is 0 Å². The van der Waals surface area contributed by atoms with E-state index in [4.69, 9.17) is 4.42 Å². The Bertz CT molecular complexity index is 1550. The number of hydrogen-bond donors (Lipinski definition) is 3. The number of carbonyl (C=O) groups excluding carboxylic acids is 2. The minimum absolute atomic E-state index is 0.0390. The molecule has 0 aliphatic carbocycles. The summed E-state index contributed by atoms with van der Waals surface area (Å²) in [5.74, 6) is -1.55. The standard InChI is InChI=1S/C26H18FN3O4/c1-14-6-11-21(31)18(12-14)19-13-20(30-29-19)26(33)28-23-17-4-2-3-5-22(17)34-25(23)24(32)15-7-9-16(27)10-8-15/h2-13,31H,1H3,(H,28,33)(H,29,30). The van der Waals surface area contributed by atoms with Crippen molar-refractivity contribution >= 4 is 28.3 Å². The lowest BCUT2D eigenvalue weighted by atomic mass is 10.1. The zero-order valence-electron chi connectivity index (χ0n) is 17.9. The van der Waals surface area contributed by atoms with Crippen LogP contribution < -0.4 is 5.32 Å². The van der Waals surface area contributed by atoms with Crippen molar-refractivity contribution in [1.82, 2.24) is 10.2 Å². The molecule has 0 unspecified atom stereocenters. The topological polar surface area (TPSA) is 108 Å². The van der Waals surface area contributed by atoms with Gasteiger partial charge in [-0.05, 0) is 61.5 Å². The van der Waals surface area contributed by atoms with E-state index in [9.17, 15) is 19.1 Å². The van der Waals surface area contributed by atoms with Crippen molar-refractivity contribution in [2.24, 2.45) is 0 Å². The summed E-state index contributed by atoms with van der Waals surface area (Å²) in [5, 5.41) is 20.2. The highest BCUT2D eigenvalue weighted by molar-refractivity contribution is 6.18. The number of fused-ring (bicyclic) bond motifs is 1. The van der Waals surface area contributed by atoms with E-state index >= 15 is 0 Å². The smallest absolute Gasteiger partial charge is 0.273 e. The summed E-state index contributed by atoms with van der Waals surface area (Å²) in [6.07, 6.45) is 0. The number of rotatable bonds is 5. The number of nitrogens with one attached hydrogen (secondary N) is 2. The number of aromatic hydroxyl groups is 1. The molecule has 0 aliphatic heterocycles. The number of furan rings is 1. The van der Waals surface area contributed by atoms with Gasteiger partial charge >= 0.3 is 0 Å². The second-order valence-corrected chi connectivity index (χ2v) is 7.78. The van der Waals surface area contributed by atoms with E-state index in [1.807, 2.05) is 6.92 Å². The van der Waals surface area contributed by atoms with Crippen LogP contribution in [0.5, 0.6) is 5.75 Å². The monoisotopic (exact) mass is 455 g/mol. The van der Waals surface area contributed by atoms with Gasteiger partial charge in [-0.2, -0.15) is 5.10 Å². The van der Waals surface area contributed by atoms with Gasteiger partial charge in [-0.3, -0.25) is 14.7 Å². The molecule has 3 aromatic carbocycles. The number of halogens is 1. The van der Waals surface area contributed by atoms with Crippen LogP contribution in [0.1, 0.15) is 32.2 Å². The van der Waals surface area contributed by atoms with Crippen LogP contribution in [0.15, 0.2) is 77.2 Å². The number of benzene rings is 3. The molecule has 0 spiro atoms. The number of aromatic amines is 1. The molecule has 168 valence electrons. The van der Waals surface area contributed by atoms with Gasteiger partial charge in [0, 0.05) is 16.5 Å². The maximum absolute atomic E-state index is 13.3. The fourth-order valence-corrected chi connectivity index (χ4v) is 3.67. The van der Waals surface area contributed by atoms with Crippen LogP contribution in [0.25, 0.3) is 22.2 Å². The minimum atomic E-state index is -0.550. The average molecular weight is 455 g/mol. The van der Waals surface area contributed by atoms with Gasteiger partial charge in [-0.25, -0.2) is 4.39 Å². The lowest BCUT2D eigenvalue weighted by molar-refractivity contribution is 0.101. The number of hydrogen-bond acceptors (Lipinski definition) is 5. The summed E-state index contributed by atoms with van der Waals surface area (Å²) in [5.41, 5.74) is 2.76. The highest BCUT2D eigenvalue weighted by Gasteiger charge is 2.24. The van der Waals surface area contributed by atoms with Crippen LogP contribution in [0.2, 0.25) is 0 Å². The predicted octanol–water partition coefficient (Wildman–Crippen LogP) is 5.46. The second kappa shape index (κ2) is 8.32. The fraction of sp³-hybridized carbons (Fsp3) is 0.0385. The molecule has 0 radical (unpaired) electrons. The van der Waals surface area contributed by atoms with E-state index in [1.54, 1.807) is 42.5 Å². The zero-order chi connectivity index (χ0) is 23.8. The SMILES string of the molecule is Cc1ccc(O)c(-c2cc(C(=O)Nc3c(C(=O)c4ccc(F)cc4)oc4ccccc34)[nH]n2)c1. The molecular weight excluding hydrogens is 437 g/mol. The lowest BCUT2D eigenvalue weighted by Crippen LogP contribution is -2.14. The Morgan fingerprint density at radius 3 is 2.59 bits per heavy atom. The maximum atomic E-state index is 13.3. The third kappa shape index (κ3) is 3.81. The van der Waals surface area contributed by atoms with Gasteiger partial charge in [0.25, 0.3) is 5.91 Å². The molecule has 34 heavy (non-hydrogen) atoms. The number of H-pyrrole nitrogens is 1. The number of amides is 1. The second-order valence-electron chi connectivity index (χ2n) is 7.78. The molecular formula is C26H18FN3O4. The summed E-state index contributed by atoms with van der Waals surface area (Å²) in [6.45, 7) is 1.88. The van der Waals surface area contributed by atoms with Crippen LogP contribution in [0, 0.1) is 12.7 Å². The van der Waals surface area contributed by atoms with Crippen LogP contribution in [-0.2, 0) is 0 Å². The fourth-order valence-electron chi connectivity index (χ4n) is 3.67. The van der Waals surface area contributed by atoms with E-state index < -0.39 is 17.5 Å². The van der Waals surface area contributed by atoms with Crippen LogP contribution >= 0.6 is 0 Å². The van der Waals surface area contributed by atoms with Gasteiger partial charge in [-0.1, -0.05) is 23.8 Å². The number of aromatic nitrogens is 2. The number of phenolic OH excluding ortho intramolecular Hbond substituents is 1. The number of ketones is 1. The summed E-state index contributed by atoms with van der Waals surface area (Å²) in [6, 6.07) is 18.6. The Balaban J connectivity index is 1.50. The van der Waals surface area contributed by atoms with E-state index in [0.717, 1.165) is 5.56 Å². The van der Waals surface area contributed by atoms with Crippen molar-refractivity contribution in [3.63, 3.8) is 0 Å². The van der Waals surface area contributed by atoms with Gasteiger partial charge < -0.3 is 14.8 Å². The Morgan fingerprint density at radius 2 is 1.79 bits per heavy atom. The van der Waals surface area contributed by atoms with Gasteiger partial charge in [-0.15, -0.1) is 0 Å². The Kier molecular flexibility index (Phi) is 5.18. The normalized spacial score (nSPS) is 11.0. The number of phenols is 1. The molecule has 5 aromatic rings. The summed E-state index contributed by atoms with van der Waals surface area (Å²) >= 11 is 0. The van der Waals surface area contributed by atoms with Crippen molar-refractivity contribution in [3.8, 4) is 17.0 Å². The van der Waals surface area contributed by atoms with Crippen LogP contribution in [-0.4, -0.2) is 27.0 Å². The average Bonchev–Trinajstić information content (AvgIpc) is 3.46. The van der Waals surface area contributed by atoms with Crippen molar-refractivity contribution in [3.05, 3.63) is 101 Å². The molecule has 7 nitrogen and oxygen atoms in total. The first-order chi connectivity index (χ1) is 16.4. The third-order valence-electron chi connectivity index (χ3n) is 5.40. The molecule has 3 N–H and O–H groups in total. The molecule has 2 aromatic heterocycles. The van der Waals surface area contributed by atoms with E-state index in [1.165, 1.54) is 30.3 Å². The number of anilines is 1. The van der Waals surface area contributed by atoms with E-state index in [-0.39, 0.29) is 28.5 Å². The third-order valence-corrected chi connectivity index (χ3v) is 5.40. The quantitative estimate of drug-likeness (QED) is 0.305. The first kappa shape index (κ1) is 21.1. The van der Waals surface area contributed by atoms with Crippen molar-refractivity contribution in [2.45, 2.75) is 6.92 Å². The first-order valence-corrected chi connectivity index (χ1v) is 10.4. The molecule has 0 fully saturated rings. The van der Waals surface area contributed by atoms with Gasteiger partial charge in [0.05, 0.1) is 11.4 Å². The minimum Gasteiger partial charge on any atom is -0.507 e. The number of aryl methyl sites for hydroxylation is 1. The molecule has 0 saturated heterocycles. The molecule has 0 saturated carbocycles. The molecule has 8 heteroatoms. The van der Waals surface area contributed by atoms with E-state index in [0.29, 0.717) is 22.2 Å². The zero-order valence-corrected chi connectivity index (χ0v) is 17.9. The molecule has 2 heterocycles. The van der Waals surface area contributed by atoms with Crippen molar-refractivity contribution in [2.75, 3.05) is 5.32 Å². The Morgan fingerprint density at radius 1 is 1.03 bits per heavy atom. The molecule has 1 amide bonds. The Labute approximate surface area is 192 Å². The largest absolute Gasteiger partial charge is 0.507 e. The highest BCUT2D eigenvalue weighted by Crippen LogP contribution is 2.33. The molecule has 0 atom stereocenters. The number of carbonyl (C=O) groups is 2. The van der Waals surface area contributed by atoms with Gasteiger partial charge in [0.1, 0.15) is 22.8 Å². The lowest BCUT2D eigenvalue weighted by Gasteiger charge is -2.05. The van der Waals surface area contributed by atoms with Gasteiger partial charge in [0.2, 0.25) is 5.78 Å².